The van der Waals surface area contributed by atoms with Gasteiger partial charge in [0.1, 0.15) is 0 Å². The number of aryl methyl sites for hydroxylation is 1. The van der Waals surface area contributed by atoms with Crippen molar-refractivity contribution in [3.05, 3.63) is 67.8 Å². The van der Waals surface area contributed by atoms with Gasteiger partial charge in [0.2, 0.25) is 25.8 Å². The molecule has 258 valence electrons. The molecule has 2 heterocycles. The second kappa shape index (κ2) is 15.9. The van der Waals surface area contributed by atoms with Gasteiger partial charge in [-0.05, 0) is 63.5 Å². The van der Waals surface area contributed by atoms with Gasteiger partial charge in [-0.3, -0.25) is 25.0 Å². The number of nitro benzene ring substituents is 2. The summed E-state index contributed by atoms with van der Waals surface area (Å²) in [5, 5.41) is 22.3. The average Bonchev–Trinajstić information content (AvgIpc) is 3.02. The summed E-state index contributed by atoms with van der Waals surface area (Å²) in [4.78, 5) is 44.0. The van der Waals surface area contributed by atoms with Gasteiger partial charge in [-0.25, -0.2) is 21.6 Å². The van der Waals surface area contributed by atoms with Crippen LogP contribution in [0, 0.1) is 39.0 Å². The zero-order valence-corrected chi connectivity index (χ0v) is 28.4. The molecule has 0 N–H and O–H groups in total. The maximum absolute atomic E-state index is 12.8. The maximum atomic E-state index is 12.8. The fourth-order valence-corrected chi connectivity index (χ4v) is 8.16. The number of carbonyl (C=O) groups excluding carboxylic acids is 2. The standard InChI is InChI=1S/C17H22N2O7S.C13H18N2O4S/c1-3-26-17(21)16(20)10-13-4-5-14(11-15(13)19(22)23)27(24,25)18-8-6-12(2)7-9-18;1-10-5-7-14(8-6-10)20(18,19)12-4-3-11(2)13(9-12)15(16)17/h4-5,11-12H,3,6-10H2,1-2H3;3-4,9-10H,5-8H2,1-2H3. The van der Waals surface area contributed by atoms with Crippen molar-refractivity contribution in [2.75, 3.05) is 32.8 Å². The molecule has 0 saturated carbocycles. The number of ether oxygens (including phenoxy) is 1. The Morgan fingerprint density at radius 2 is 1.21 bits per heavy atom. The van der Waals surface area contributed by atoms with E-state index in [2.05, 4.69) is 11.7 Å². The highest BCUT2D eigenvalue weighted by molar-refractivity contribution is 7.89. The molecule has 2 aromatic carbocycles. The molecule has 0 unspecified atom stereocenters. The van der Waals surface area contributed by atoms with E-state index in [-0.39, 0.29) is 27.6 Å². The van der Waals surface area contributed by atoms with Crippen LogP contribution in [0.2, 0.25) is 0 Å². The lowest BCUT2D eigenvalue weighted by Gasteiger charge is -2.29. The number of nitro groups is 2. The lowest BCUT2D eigenvalue weighted by molar-refractivity contribution is -0.385. The summed E-state index contributed by atoms with van der Waals surface area (Å²) in [5.41, 5.74) is -0.249. The number of nitrogens with zero attached hydrogens (tertiary/aromatic N) is 4. The molecule has 15 nitrogen and oxygen atoms in total. The number of ketones is 1. The van der Waals surface area contributed by atoms with Gasteiger partial charge < -0.3 is 4.74 Å². The molecule has 2 aliphatic heterocycles. The number of sulfonamides is 2. The summed E-state index contributed by atoms with van der Waals surface area (Å²) >= 11 is 0. The Balaban J connectivity index is 0.000000267. The SMILES string of the molecule is CCOC(=O)C(=O)Cc1ccc(S(=O)(=O)N2CCC(C)CC2)cc1[N+](=O)[O-].Cc1ccc(S(=O)(=O)N2CCC(C)CC2)cc1[N+](=O)[O-]. The van der Waals surface area contributed by atoms with Crippen LogP contribution in [-0.2, 0) is 40.8 Å². The van der Waals surface area contributed by atoms with Crippen molar-refractivity contribution in [2.24, 2.45) is 11.8 Å². The van der Waals surface area contributed by atoms with Crippen molar-refractivity contribution in [1.82, 2.24) is 8.61 Å². The van der Waals surface area contributed by atoms with E-state index in [1.807, 2.05) is 6.92 Å². The van der Waals surface area contributed by atoms with Gasteiger partial charge in [0.25, 0.3) is 11.4 Å². The fraction of sp³-hybridized carbons (Fsp3) is 0.533. The average molecular weight is 697 g/mol. The highest BCUT2D eigenvalue weighted by Gasteiger charge is 2.32. The zero-order valence-electron chi connectivity index (χ0n) is 26.8. The molecule has 0 radical (unpaired) electrons. The number of Topliss-reactive ketones (excluding diaryl/α,β-unsaturated/α-hetero) is 1. The Labute approximate surface area is 274 Å². The Morgan fingerprint density at radius 3 is 1.64 bits per heavy atom. The third kappa shape index (κ3) is 9.39. The largest absolute Gasteiger partial charge is 0.460 e. The van der Waals surface area contributed by atoms with Crippen LogP contribution in [0.1, 0.15) is 57.6 Å². The van der Waals surface area contributed by atoms with E-state index in [1.54, 1.807) is 6.92 Å². The Bertz CT molecular complexity index is 1710. The van der Waals surface area contributed by atoms with Crippen LogP contribution in [0.5, 0.6) is 0 Å². The number of hydrogen-bond donors (Lipinski definition) is 0. The summed E-state index contributed by atoms with van der Waals surface area (Å²) in [6.07, 6.45) is 2.58. The molecule has 0 aromatic heterocycles. The van der Waals surface area contributed by atoms with Crippen LogP contribution in [0.4, 0.5) is 11.4 Å². The second-order valence-corrected chi connectivity index (χ2v) is 15.6. The number of carbonyl (C=O) groups is 2. The Morgan fingerprint density at radius 1 is 0.787 bits per heavy atom. The van der Waals surface area contributed by atoms with Gasteiger partial charge in [-0.2, -0.15) is 8.61 Å². The molecule has 0 atom stereocenters. The molecular formula is C30H40N4O11S2. The van der Waals surface area contributed by atoms with Crippen LogP contribution >= 0.6 is 0 Å². The first-order valence-electron chi connectivity index (χ1n) is 15.2. The van der Waals surface area contributed by atoms with Crippen molar-refractivity contribution in [2.45, 2.75) is 69.6 Å². The predicted molar refractivity (Wildman–Crippen MR) is 171 cm³/mol. The summed E-state index contributed by atoms with van der Waals surface area (Å²) in [6.45, 7) is 8.96. The molecule has 0 bridgehead atoms. The number of benzene rings is 2. The van der Waals surface area contributed by atoms with Crippen LogP contribution < -0.4 is 0 Å². The summed E-state index contributed by atoms with van der Waals surface area (Å²) in [6, 6.07) is 7.46. The summed E-state index contributed by atoms with van der Waals surface area (Å²) in [5.74, 6) is -1.05. The smallest absolute Gasteiger partial charge is 0.374 e. The number of hydrogen-bond acceptors (Lipinski definition) is 11. The van der Waals surface area contributed by atoms with Crippen molar-refractivity contribution < 1.29 is 41.0 Å². The minimum atomic E-state index is -3.86. The quantitative estimate of drug-likeness (QED) is 0.150. The maximum Gasteiger partial charge on any atom is 0.374 e. The van der Waals surface area contributed by atoms with Gasteiger partial charge in [0.15, 0.2) is 0 Å². The van der Waals surface area contributed by atoms with E-state index in [0.717, 1.165) is 37.8 Å². The molecule has 2 aliphatic rings. The predicted octanol–water partition coefficient (Wildman–Crippen LogP) is 4.01. The van der Waals surface area contributed by atoms with Gasteiger partial charge in [-0.1, -0.05) is 26.0 Å². The van der Waals surface area contributed by atoms with E-state index >= 15 is 0 Å². The van der Waals surface area contributed by atoms with Gasteiger partial charge in [-0.15, -0.1) is 0 Å². The number of piperidine rings is 2. The molecule has 47 heavy (non-hydrogen) atoms. The molecule has 0 amide bonds. The van der Waals surface area contributed by atoms with Crippen molar-refractivity contribution >= 4 is 43.2 Å². The lowest BCUT2D eigenvalue weighted by Crippen LogP contribution is -2.37. The molecule has 2 fully saturated rings. The minimum absolute atomic E-state index is 0.00403. The van der Waals surface area contributed by atoms with E-state index in [4.69, 9.17) is 0 Å². The van der Waals surface area contributed by atoms with Gasteiger partial charge in [0.05, 0.1) is 26.2 Å². The zero-order chi connectivity index (χ0) is 35.1. The van der Waals surface area contributed by atoms with E-state index in [0.29, 0.717) is 43.6 Å². The highest BCUT2D eigenvalue weighted by atomic mass is 32.2. The number of esters is 1. The van der Waals surface area contributed by atoms with Gasteiger partial charge >= 0.3 is 5.97 Å². The molecular weight excluding hydrogens is 656 g/mol. The first-order valence-corrected chi connectivity index (χ1v) is 18.1. The van der Waals surface area contributed by atoms with Crippen molar-refractivity contribution in [3.8, 4) is 0 Å². The minimum Gasteiger partial charge on any atom is -0.460 e. The Hall–Kier alpha value is -3.80. The molecule has 2 aromatic rings. The van der Waals surface area contributed by atoms with Crippen LogP contribution in [0.15, 0.2) is 46.2 Å². The molecule has 2 saturated heterocycles. The lowest BCUT2D eigenvalue weighted by atomic mass is 10.0. The van der Waals surface area contributed by atoms with E-state index < -0.39 is 53.8 Å². The van der Waals surface area contributed by atoms with Crippen LogP contribution in [-0.4, -0.2) is 79.8 Å². The third-order valence-corrected chi connectivity index (χ3v) is 12.0. The van der Waals surface area contributed by atoms with Crippen LogP contribution in [0.3, 0.4) is 0 Å². The third-order valence-electron chi connectivity index (χ3n) is 8.25. The van der Waals surface area contributed by atoms with E-state index in [9.17, 15) is 46.7 Å². The van der Waals surface area contributed by atoms with Crippen LogP contribution in [0.25, 0.3) is 0 Å². The normalized spacial score (nSPS) is 16.9. The molecule has 0 aliphatic carbocycles. The molecule has 17 heteroatoms. The topological polar surface area (TPSA) is 204 Å². The molecule has 4 rings (SSSR count). The first-order chi connectivity index (χ1) is 22.0. The highest BCUT2D eigenvalue weighted by Crippen LogP contribution is 2.29. The second-order valence-electron chi connectivity index (χ2n) is 11.7. The summed E-state index contributed by atoms with van der Waals surface area (Å²) in [7, 11) is -7.49. The first kappa shape index (κ1) is 37.7. The fourth-order valence-electron chi connectivity index (χ4n) is 5.18. The van der Waals surface area contributed by atoms with Crippen molar-refractivity contribution in [1.29, 1.82) is 0 Å². The van der Waals surface area contributed by atoms with Crippen molar-refractivity contribution in [3.63, 3.8) is 0 Å². The Kier molecular flexibility index (Phi) is 12.7. The summed E-state index contributed by atoms with van der Waals surface area (Å²) < 4.78 is 57.8. The van der Waals surface area contributed by atoms with Gasteiger partial charge in [0, 0.05) is 55.9 Å². The van der Waals surface area contributed by atoms with E-state index in [1.165, 1.54) is 39.8 Å². The molecule has 0 spiro atoms. The monoisotopic (exact) mass is 696 g/mol. The number of rotatable bonds is 10.